The van der Waals surface area contributed by atoms with Crippen molar-refractivity contribution in [3.63, 3.8) is 0 Å². The van der Waals surface area contributed by atoms with Crippen LogP contribution in [-0.2, 0) is 7.05 Å². The van der Waals surface area contributed by atoms with Gasteiger partial charge in [-0.2, -0.15) is 5.10 Å². The first-order chi connectivity index (χ1) is 9.29. The second-order valence-corrected chi connectivity index (χ2v) is 4.95. The summed E-state index contributed by atoms with van der Waals surface area (Å²) in [6, 6.07) is 8.57. The van der Waals surface area contributed by atoms with Crippen LogP contribution in [0.1, 0.15) is 24.6 Å². The van der Waals surface area contributed by atoms with Crippen molar-refractivity contribution < 1.29 is 4.74 Å². The monoisotopic (exact) mass is 257 g/mol. The third-order valence-corrected chi connectivity index (χ3v) is 3.76. The zero-order valence-corrected chi connectivity index (χ0v) is 11.4. The van der Waals surface area contributed by atoms with Crippen LogP contribution in [0.5, 0.6) is 5.75 Å². The maximum Gasteiger partial charge on any atom is 0.119 e. The van der Waals surface area contributed by atoms with Crippen LogP contribution in [0.2, 0.25) is 0 Å². The van der Waals surface area contributed by atoms with E-state index in [1.807, 2.05) is 30.1 Å². The van der Waals surface area contributed by atoms with Crippen LogP contribution in [0.25, 0.3) is 11.1 Å². The molecule has 1 unspecified atom stereocenters. The summed E-state index contributed by atoms with van der Waals surface area (Å²) in [5, 5.41) is 7.98. The number of ether oxygens (including phenoxy) is 1. The highest BCUT2D eigenvalue weighted by atomic mass is 16.5. The molecule has 2 aromatic rings. The third-order valence-electron chi connectivity index (χ3n) is 3.76. The van der Waals surface area contributed by atoms with Crippen molar-refractivity contribution in [2.75, 3.05) is 13.7 Å². The number of methoxy groups -OCH3 is 1. The first-order valence-electron chi connectivity index (χ1n) is 6.69. The van der Waals surface area contributed by atoms with Crippen LogP contribution in [-0.4, -0.2) is 23.4 Å². The maximum absolute atomic E-state index is 5.31. The van der Waals surface area contributed by atoms with Gasteiger partial charge in [0.15, 0.2) is 0 Å². The minimum absolute atomic E-state index is 0.411. The van der Waals surface area contributed by atoms with Crippen molar-refractivity contribution >= 4 is 0 Å². The van der Waals surface area contributed by atoms with E-state index >= 15 is 0 Å². The maximum atomic E-state index is 5.31. The fraction of sp³-hybridized carbons (Fsp3) is 0.400. The summed E-state index contributed by atoms with van der Waals surface area (Å²) in [6.45, 7) is 1.09. The standard InChI is InChI=1S/C15H19N3O/c1-18-15(14-7-4-8-16-14)13(10-17-18)11-5-3-6-12(9-11)19-2/h3,5-6,9-10,14,16H,4,7-8H2,1-2H3. The Labute approximate surface area is 113 Å². The molecular formula is C15H19N3O. The predicted molar refractivity (Wildman–Crippen MR) is 75.2 cm³/mol. The number of benzene rings is 1. The molecule has 0 spiro atoms. The van der Waals surface area contributed by atoms with E-state index in [1.165, 1.54) is 24.1 Å². The lowest BCUT2D eigenvalue weighted by Crippen LogP contribution is -2.17. The first-order valence-corrected chi connectivity index (χ1v) is 6.69. The molecule has 0 radical (unpaired) electrons. The van der Waals surface area contributed by atoms with Gasteiger partial charge in [-0.1, -0.05) is 12.1 Å². The van der Waals surface area contributed by atoms with Gasteiger partial charge in [-0.15, -0.1) is 0 Å². The Morgan fingerprint density at radius 3 is 3.05 bits per heavy atom. The minimum atomic E-state index is 0.411. The summed E-state index contributed by atoms with van der Waals surface area (Å²) < 4.78 is 7.29. The van der Waals surface area contributed by atoms with E-state index in [2.05, 4.69) is 22.5 Å². The predicted octanol–water partition coefficient (Wildman–Crippen LogP) is 2.52. The van der Waals surface area contributed by atoms with E-state index in [0.29, 0.717) is 6.04 Å². The Bertz CT molecular complexity index is 571. The Balaban J connectivity index is 2.04. The highest BCUT2D eigenvalue weighted by Gasteiger charge is 2.23. The number of aryl methyl sites for hydroxylation is 1. The molecule has 0 aliphatic carbocycles. The Morgan fingerprint density at radius 2 is 2.32 bits per heavy atom. The van der Waals surface area contributed by atoms with Crippen LogP contribution in [0.3, 0.4) is 0 Å². The van der Waals surface area contributed by atoms with Crippen molar-refractivity contribution in [2.24, 2.45) is 7.05 Å². The molecule has 1 aliphatic rings. The zero-order valence-electron chi connectivity index (χ0n) is 11.4. The molecule has 100 valence electrons. The molecule has 4 heteroatoms. The van der Waals surface area contributed by atoms with Crippen LogP contribution in [0.4, 0.5) is 0 Å². The largest absolute Gasteiger partial charge is 0.497 e. The van der Waals surface area contributed by atoms with Gasteiger partial charge in [-0.25, -0.2) is 0 Å². The third kappa shape index (κ3) is 2.24. The second-order valence-electron chi connectivity index (χ2n) is 4.95. The molecule has 1 fully saturated rings. The summed E-state index contributed by atoms with van der Waals surface area (Å²) in [6.07, 6.45) is 4.36. The molecule has 1 aliphatic heterocycles. The van der Waals surface area contributed by atoms with E-state index in [1.54, 1.807) is 7.11 Å². The van der Waals surface area contributed by atoms with Gasteiger partial charge in [0.25, 0.3) is 0 Å². The fourth-order valence-electron chi connectivity index (χ4n) is 2.79. The van der Waals surface area contributed by atoms with Gasteiger partial charge in [0.05, 0.1) is 19.0 Å². The number of hydrogen-bond acceptors (Lipinski definition) is 3. The van der Waals surface area contributed by atoms with Crippen LogP contribution in [0, 0.1) is 0 Å². The molecule has 0 saturated carbocycles. The summed E-state index contributed by atoms with van der Waals surface area (Å²) in [5.41, 5.74) is 3.63. The number of hydrogen-bond donors (Lipinski definition) is 1. The zero-order chi connectivity index (χ0) is 13.2. The summed E-state index contributed by atoms with van der Waals surface area (Å²) >= 11 is 0. The number of nitrogens with one attached hydrogen (secondary N) is 1. The van der Waals surface area contributed by atoms with Crippen molar-refractivity contribution in [1.82, 2.24) is 15.1 Å². The Kier molecular flexibility index (Phi) is 3.25. The molecule has 1 aromatic heterocycles. The molecule has 1 saturated heterocycles. The van der Waals surface area contributed by atoms with Crippen molar-refractivity contribution in [3.8, 4) is 16.9 Å². The van der Waals surface area contributed by atoms with Crippen LogP contribution < -0.4 is 10.1 Å². The molecule has 0 bridgehead atoms. The number of nitrogens with zero attached hydrogens (tertiary/aromatic N) is 2. The highest BCUT2D eigenvalue weighted by Crippen LogP contribution is 2.33. The van der Waals surface area contributed by atoms with Crippen molar-refractivity contribution in [2.45, 2.75) is 18.9 Å². The van der Waals surface area contributed by atoms with Gasteiger partial charge in [-0.05, 0) is 37.1 Å². The molecule has 19 heavy (non-hydrogen) atoms. The minimum Gasteiger partial charge on any atom is -0.497 e. The quantitative estimate of drug-likeness (QED) is 0.918. The number of aromatic nitrogens is 2. The molecule has 4 nitrogen and oxygen atoms in total. The summed E-state index contributed by atoms with van der Waals surface area (Å²) in [5.74, 6) is 0.881. The highest BCUT2D eigenvalue weighted by molar-refractivity contribution is 5.67. The van der Waals surface area contributed by atoms with E-state index < -0.39 is 0 Å². The second kappa shape index (κ2) is 5.05. The average molecular weight is 257 g/mol. The topological polar surface area (TPSA) is 39.1 Å². The lowest BCUT2D eigenvalue weighted by molar-refractivity contribution is 0.415. The smallest absolute Gasteiger partial charge is 0.119 e. The Morgan fingerprint density at radius 1 is 1.42 bits per heavy atom. The van der Waals surface area contributed by atoms with Gasteiger partial charge in [0.2, 0.25) is 0 Å². The lowest BCUT2D eigenvalue weighted by atomic mass is 10.0. The summed E-state index contributed by atoms with van der Waals surface area (Å²) in [4.78, 5) is 0. The number of rotatable bonds is 3. The van der Waals surface area contributed by atoms with Crippen molar-refractivity contribution in [3.05, 3.63) is 36.2 Å². The molecular weight excluding hydrogens is 238 g/mol. The van der Waals surface area contributed by atoms with Crippen LogP contribution in [0.15, 0.2) is 30.5 Å². The van der Waals surface area contributed by atoms with Crippen molar-refractivity contribution in [1.29, 1.82) is 0 Å². The van der Waals surface area contributed by atoms with E-state index in [-0.39, 0.29) is 0 Å². The molecule has 1 atom stereocenters. The lowest BCUT2D eigenvalue weighted by Gasteiger charge is -2.14. The molecule has 3 rings (SSSR count). The molecule has 1 aromatic carbocycles. The van der Waals surface area contributed by atoms with Gasteiger partial charge in [0, 0.05) is 18.7 Å². The Hall–Kier alpha value is -1.81. The molecule has 2 heterocycles. The van der Waals surface area contributed by atoms with E-state index in [9.17, 15) is 0 Å². The van der Waals surface area contributed by atoms with E-state index in [0.717, 1.165) is 17.9 Å². The van der Waals surface area contributed by atoms with E-state index in [4.69, 9.17) is 4.74 Å². The van der Waals surface area contributed by atoms with Crippen LogP contribution >= 0.6 is 0 Å². The van der Waals surface area contributed by atoms with Gasteiger partial charge < -0.3 is 10.1 Å². The molecule has 0 amide bonds. The van der Waals surface area contributed by atoms with Gasteiger partial charge >= 0.3 is 0 Å². The average Bonchev–Trinajstić information content (AvgIpc) is 3.07. The fourth-order valence-corrected chi connectivity index (χ4v) is 2.79. The summed E-state index contributed by atoms with van der Waals surface area (Å²) in [7, 11) is 3.71. The van der Waals surface area contributed by atoms with Gasteiger partial charge in [-0.3, -0.25) is 4.68 Å². The first kappa shape index (κ1) is 12.2. The normalized spacial score (nSPS) is 18.7. The van der Waals surface area contributed by atoms with Gasteiger partial charge in [0.1, 0.15) is 5.75 Å². The SMILES string of the molecule is COc1cccc(-c2cnn(C)c2C2CCCN2)c1. The molecule has 1 N–H and O–H groups in total.